The third-order valence-corrected chi connectivity index (χ3v) is 4.01. The average molecular weight is 274 g/mol. The standard InChI is InChI=1S/C17H14N4/c1-11-15(10-20-21(11)2)13-7-9-19-17-14(13)6-5-12-4-3-8-18-16(12)17/h3-10H,1-2H3. The fraction of sp³-hybridized carbons (Fsp3) is 0.118. The minimum Gasteiger partial charge on any atom is -0.272 e. The molecule has 0 aliphatic rings. The third kappa shape index (κ3) is 1.72. The van der Waals surface area contributed by atoms with E-state index in [2.05, 4.69) is 40.2 Å². The van der Waals surface area contributed by atoms with E-state index in [1.165, 1.54) is 0 Å². The van der Waals surface area contributed by atoms with Crippen molar-refractivity contribution in [2.24, 2.45) is 7.05 Å². The first-order chi connectivity index (χ1) is 10.3. The number of fused-ring (bicyclic) bond motifs is 3. The lowest BCUT2D eigenvalue weighted by Gasteiger charge is -2.07. The lowest BCUT2D eigenvalue weighted by atomic mass is 10.0. The number of benzene rings is 1. The van der Waals surface area contributed by atoms with Crippen LogP contribution >= 0.6 is 0 Å². The topological polar surface area (TPSA) is 43.6 Å². The molecule has 0 saturated carbocycles. The van der Waals surface area contributed by atoms with Gasteiger partial charge in [-0.1, -0.05) is 18.2 Å². The fourth-order valence-electron chi connectivity index (χ4n) is 2.75. The van der Waals surface area contributed by atoms with E-state index in [1.54, 1.807) is 0 Å². The molecule has 4 rings (SSSR count). The summed E-state index contributed by atoms with van der Waals surface area (Å²) in [6.07, 6.45) is 5.57. The van der Waals surface area contributed by atoms with E-state index in [1.807, 2.05) is 42.5 Å². The molecule has 0 radical (unpaired) electrons. The van der Waals surface area contributed by atoms with Crippen LogP contribution in [0.4, 0.5) is 0 Å². The quantitative estimate of drug-likeness (QED) is 0.499. The van der Waals surface area contributed by atoms with Gasteiger partial charge < -0.3 is 0 Å². The number of rotatable bonds is 1. The fourth-order valence-corrected chi connectivity index (χ4v) is 2.75. The van der Waals surface area contributed by atoms with Gasteiger partial charge in [0.15, 0.2) is 0 Å². The summed E-state index contributed by atoms with van der Waals surface area (Å²) in [6, 6.07) is 10.3. The summed E-state index contributed by atoms with van der Waals surface area (Å²) in [7, 11) is 1.96. The number of hydrogen-bond acceptors (Lipinski definition) is 3. The highest BCUT2D eigenvalue weighted by Gasteiger charge is 2.12. The molecule has 0 saturated heterocycles. The Hall–Kier alpha value is -2.75. The highest BCUT2D eigenvalue weighted by molar-refractivity contribution is 6.08. The normalized spacial score (nSPS) is 11.3. The van der Waals surface area contributed by atoms with Gasteiger partial charge >= 0.3 is 0 Å². The van der Waals surface area contributed by atoms with E-state index >= 15 is 0 Å². The van der Waals surface area contributed by atoms with Gasteiger partial charge in [0.05, 0.1) is 17.2 Å². The second-order valence-corrected chi connectivity index (χ2v) is 5.16. The molecule has 0 spiro atoms. The van der Waals surface area contributed by atoms with Crippen LogP contribution < -0.4 is 0 Å². The summed E-state index contributed by atoms with van der Waals surface area (Å²) < 4.78 is 1.89. The van der Waals surface area contributed by atoms with Gasteiger partial charge in [0.2, 0.25) is 0 Å². The molecule has 4 aromatic rings. The summed E-state index contributed by atoms with van der Waals surface area (Å²) >= 11 is 0. The Morgan fingerprint density at radius 2 is 1.76 bits per heavy atom. The maximum atomic E-state index is 4.54. The minimum absolute atomic E-state index is 0.939. The maximum Gasteiger partial charge on any atom is 0.0970 e. The molecular weight excluding hydrogens is 260 g/mol. The van der Waals surface area contributed by atoms with Crippen LogP contribution in [-0.2, 0) is 7.05 Å². The molecule has 1 aromatic carbocycles. The first kappa shape index (κ1) is 12.0. The van der Waals surface area contributed by atoms with Gasteiger partial charge in [0, 0.05) is 41.5 Å². The van der Waals surface area contributed by atoms with E-state index in [9.17, 15) is 0 Å². The SMILES string of the molecule is Cc1c(-c2ccnc3c2ccc2cccnc23)cnn1C. The van der Waals surface area contributed by atoms with Crippen molar-refractivity contribution < 1.29 is 0 Å². The van der Waals surface area contributed by atoms with Gasteiger partial charge in [-0.15, -0.1) is 0 Å². The lowest BCUT2D eigenvalue weighted by molar-refractivity contribution is 0.740. The molecule has 4 nitrogen and oxygen atoms in total. The Morgan fingerprint density at radius 3 is 2.57 bits per heavy atom. The van der Waals surface area contributed by atoms with Crippen LogP contribution in [0.3, 0.4) is 0 Å². The smallest absolute Gasteiger partial charge is 0.0970 e. The molecule has 0 bridgehead atoms. The number of aryl methyl sites for hydroxylation is 1. The lowest BCUT2D eigenvalue weighted by Crippen LogP contribution is -1.93. The van der Waals surface area contributed by atoms with Gasteiger partial charge in [-0.05, 0) is 24.6 Å². The molecule has 21 heavy (non-hydrogen) atoms. The zero-order valence-electron chi connectivity index (χ0n) is 11.9. The predicted molar refractivity (Wildman–Crippen MR) is 84.0 cm³/mol. The number of aromatic nitrogens is 4. The summed E-state index contributed by atoms with van der Waals surface area (Å²) in [4.78, 5) is 9.03. The number of nitrogens with zero attached hydrogens (tertiary/aromatic N) is 4. The Morgan fingerprint density at radius 1 is 0.905 bits per heavy atom. The molecule has 0 amide bonds. The van der Waals surface area contributed by atoms with Gasteiger partial charge in [-0.25, -0.2) is 0 Å². The molecule has 0 aliphatic heterocycles. The summed E-state index contributed by atoms with van der Waals surface area (Å²) in [6.45, 7) is 2.08. The van der Waals surface area contributed by atoms with Crippen LogP contribution in [0.1, 0.15) is 5.69 Å². The van der Waals surface area contributed by atoms with Crippen LogP contribution in [0, 0.1) is 6.92 Å². The van der Waals surface area contributed by atoms with E-state index < -0.39 is 0 Å². The predicted octanol–water partition coefficient (Wildman–Crippen LogP) is 3.49. The minimum atomic E-state index is 0.939. The van der Waals surface area contributed by atoms with Crippen molar-refractivity contribution in [3.63, 3.8) is 0 Å². The molecule has 0 fully saturated rings. The van der Waals surface area contributed by atoms with E-state index in [0.29, 0.717) is 0 Å². The van der Waals surface area contributed by atoms with Gasteiger partial charge in [-0.3, -0.25) is 14.6 Å². The van der Waals surface area contributed by atoms with Crippen molar-refractivity contribution in [3.8, 4) is 11.1 Å². The van der Waals surface area contributed by atoms with Crippen LogP contribution in [0.15, 0.2) is 48.9 Å². The molecule has 3 aromatic heterocycles. The van der Waals surface area contributed by atoms with Crippen molar-refractivity contribution in [2.45, 2.75) is 6.92 Å². The number of pyridine rings is 2. The number of hydrogen-bond donors (Lipinski definition) is 0. The zero-order chi connectivity index (χ0) is 14.4. The van der Waals surface area contributed by atoms with Gasteiger partial charge in [0.25, 0.3) is 0 Å². The van der Waals surface area contributed by atoms with Crippen LogP contribution in [0.2, 0.25) is 0 Å². The van der Waals surface area contributed by atoms with Crippen molar-refractivity contribution in [1.82, 2.24) is 19.7 Å². The second kappa shape index (κ2) is 4.38. The summed E-state index contributed by atoms with van der Waals surface area (Å²) in [5.74, 6) is 0. The Balaban J connectivity index is 2.12. The molecule has 0 aliphatic carbocycles. The van der Waals surface area contributed by atoms with E-state index in [0.717, 1.165) is 38.6 Å². The van der Waals surface area contributed by atoms with Crippen molar-refractivity contribution in [1.29, 1.82) is 0 Å². The largest absolute Gasteiger partial charge is 0.272 e. The Kier molecular flexibility index (Phi) is 2.51. The second-order valence-electron chi connectivity index (χ2n) is 5.16. The van der Waals surface area contributed by atoms with E-state index in [4.69, 9.17) is 0 Å². The highest BCUT2D eigenvalue weighted by Crippen LogP contribution is 2.32. The van der Waals surface area contributed by atoms with E-state index in [-0.39, 0.29) is 0 Å². The van der Waals surface area contributed by atoms with Crippen molar-refractivity contribution >= 4 is 21.8 Å². The Labute approximate surface area is 122 Å². The highest BCUT2D eigenvalue weighted by atomic mass is 15.3. The molecule has 102 valence electrons. The zero-order valence-corrected chi connectivity index (χ0v) is 11.9. The average Bonchev–Trinajstić information content (AvgIpc) is 2.86. The molecule has 0 unspecified atom stereocenters. The van der Waals surface area contributed by atoms with Crippen LogP contribution in [0.25, 0.3) is 32.9 Å². The van der Waals surface area contributed by atoms with Crippen LogP contribution in [0.5, 0.6) is 0 Å². The summed E-state index contributed by atoms with van der Waals surface area (Å²) in [5, 5.41) is 6.56. The van der Waals surface area contributed by atoms with Gasteiger partial charge in [0.1, 0.15) is 0 Å². The van der Waals surface area contributed by atoms with Crippen molar-refractivity contribution in [2.75, 3.05) is 0 Å². The third-order valence-electron chi connectivity index (χ3n) is 4.01. The molecule has 4 heteroatoms. The van der Waals surface area contributed by atoms with Gasteiger partial charge in [-0.2, -0.15) is 5.10 Å². The van der Waals surface area contributed by atoms with Crippen molar-refractivity contribution in [3.05, 3.63) is 54.6 Å². The first-order valence-corrected chi connectivity index (χ1v) is 6.87. The summed E-state index contributed by atoms with van der Waals surface area (Å²) in [5.41, 5.74) is 5.31. The Bertz CT molecular complexity index is 969. The molecular formula is C17H14N4. The molecule has 3 heterocycles. The maximum absolute atomic E-state index is 4.54. The monoisotopic (exact) mass is 274 g/mol. The van der Waals surface area contributed by atoms with Crippen LogP contribution in [-0.4, -0.2) is 19.7 Å². The molecule has 0 N–H and O–H groups in total. The first-order valence-electron chi connectivity index (χ1n) is 6.87. The molecule has 0 atom stereocenters.